The first-order chi connectivity index (χ1) is 48.1. The topological polar surface area (TPSA) is 301 Å². The van der Waals surface area contributed by atoms with Crippen molar-refractivity contribution >= 4 is 96.2 Å². The van der Waals surface area contributed by atoms with E-state index in [9.17, 15) is 53.8 Å². The minimum absolute atomic E-state index is 0.000133. The number of piperazine rings is 3. The zero-order valence-corrected chi connectivity index (χ0v) is 54.8. The van der Waals surface area contributed by atoms with Gasteiger partial charge in [-0.15, -0.1) is 11.3 Å². The van der Waals surface area contributed by atoms with E-state index in [0.29, 0.717) is 141 Å². The van der Waals surface area contributed by atoms with Crippen LogP contribution in [0, 0.1) is 20.2 Å². The van der Waals surface area contributed by atoms with Gasteiger partial charge in [-0.3, -0.25) is 54.0 Å². The van der Waals surface area contributed by atoms with Crippen molar-refractivity contribution in [1.82, 2.24) is 38.4 Å². The summed E-state index contributed by atoms with van der Waals surface area (Å²) in [5.74, 6) is -0.816. The highest BCUT2D eigenvalue weighted by Crippen LogP contribution is 2.37. The Morgan fingerprint density at radius 3 is 1.65 bits per heavy atom. The number of hydrogen-bond donors (Lipinski definition) is 0. The molecule has 0 atom stereocenters. The largest absolute Gasteiger partial charge is 0.472 e. The van der Waals surface area contributed by atoms with Crippen LogP contribution in [-0.4, -0.2) is 157 Å². The molecule has 3 saturated heterocycles. The third-order valence-corrected chi connectivity index (χ3v) is 18.5. The summed E-state index contributed by atoms with van der Waals surface area (Å²) < 4.78 is 20.1. The van der Waals surface area contributed by atoms with Gasteiger partial charge in [0.05, 0.1) is 75.1 Å². The lowest BCUT2D eigenvalue weighted by Gasteiger charge is -2.37. The molecule has 27 nitrogen and oxygen atoms in total. The second-order valence-corrected chi connectivity index (χ2v) is 24.3. The van der Waals surface area contributed by atoms with Crippen molar-refractivity contribution in [3.05, 3.63) is 261 Å². The van der Waals surface area contributed by atoms with Crippen LogP contribution in [0.3, 0.4) is 0 Å². The number of anilines is 3. The lowest BCUT2D eigenvalue weighted by Crippen LogP contribution is -2.49. The van der Waals surface area contributed by atoms with Crippen molar-refractivity contribution in [2.45, 2.75) is 26.4 Å². The number of aromatic nitrogens is 5. The Morgan fingerprint density at radius 1 is 0.556 bits per heavy atom. The first-order valence-electron chi connectivity index (χ1n) is 32.0. The molecule has 0 bridgehead atoms. The molecule has 0 aliphatic carbocycles. The van der Waals surface area contributed by atoms with Crippen molar-refractivity contribution in [3.63, 3.8) is 0 Å². The molecule has 3 aliphatic rings. The van der Waals surface area contributed by atoms with Crippen LogP contribution in [0.2, 0.25) is 0 Å². The van der Waals surface area contributed by atoms with Crippen LogP contribution >= 0.6 is 11.3 Å². The highest BCUT2D eigenvalue weighted by Gasteiger charge is 2.36. The number of esters is 1. The number of hydrogen-bond acceptors (Lipinski definition) is 20. The predicted molar refractivity (Wildman–Crippen MR) is 372 cm³/mol. The summed E-state index contributed by atoms with van der Waals surface area (Å²) in [6.07, 6.45) is 9.55. The lowest BCUT2D eigenvalue weighted by atomic mass is 10.1. The second kappa shape index (κ2) is 29.9. The Labute approximate surface area is 568 Å². The molecule has 11 aromatic rings. The Morgan fingerprint density at radius 2 is 1.10 bits per heavy atom. The van der Waals surface area contributed by atoms with E-state index in [4.69, 9.17) is 13.6 Å². The maximum atomic E-state index is 13.7. The molecule has 3 amide bonds. The van der Waals surface area contributed by atoms with E-state index < -0.39 is 43.9 Å². The number of carbonyl (C=O) groups excluding carboxylic acids is 4. The van der Waals surface area contributed by atoms with Crippen molar-refractivity contribution in [1.29, 1.82) is 0 Å². The number of nitro groups is 2. The number of thiophene rings is 1. The van der Waals surface area contributed by atoms with Crippen LogP contribution < -0.4 is 31.4 Å². The summed E-state index contributed by atoms with van der Waals surface area (Å²) >= 11 is 1.40. The average Bonchev–Trinajstić information content (AvgIpc) is 1.32. The van der Waals surface area contributed by atoms with Gasteiger partial charge >= 0.3 is 28.5 Å². The fraction of sp³-hybridized carbons (Fsp3) is 0.254. The Bertz CT molecular complexity index is 4960. The molecule has 4 aromatic carbocycles. The number of aryl methyl sites for hydroxylation is 3. The molecule has 0 unspecified atom stereocenters. The molecule has 3 fully saturated rings. The smallest absolute Gasteiger partial charge is 0.357 e. The molecular formula is C71H67N13O14S. The van der Waals surface area contributed by atoms with Crippen LogP contribution in [0.15, 0.2) is 199 Å². The standard InChI is InChI=1S/C26H24N4O4S.C26H25N3O6.C19H18N6O4/c31-25(22-11-6-18-35-22)28-16-14-27(15-17-28)23-20-9-4-5-10-21(20)29(26(32)24(23)30(33)34)13-12-19-7-2-1-3-8-19;1-2-34-26(32)22-23(27-10-12-28(13-11-27)24(30)21-8-5-14-35-21)19-6-3-4-7-20(19)29(25(22)31)16-18-9-15-33-17-18;1-22-15-5-3-2-4-13(15)16(17(19(22)27)25(28)29)23-8-10-24(11-9-23)18(26)14-12-20-6-7-21-14/h1-11,18H,12-17H2;3-9,14-15,17H,2,10-13,16H2,1H3;2-7,12H,8-11H2,1H3. The molecule has 14 rings (SSSR count). The Hall–Kier alpha value is -12.1. The van der Waals surface area contributed by atoms with Gasteiger partial charge in [-0.2, -0.15) is 0 Å². The van der Waals surface area contributed by atoms with Crippen molar-refractivity contribution in [2.75, 3.05) is 99.8 Å². The highest BCUT2D eigenvalue weighted by atomic mass is 32.1. The number of benzene rings is 4. The van der Waals surface area contributed by atoms with Gasteiger partial charge in [0, 0.05) is 126 Å². The molecule has 0 saturated carbocycles. The van der Waals surface area contributed by atoms with E-state index in [1.807, 2.05) is 105 Å². The van der Waals surface area contributed by atoms with E-state index in [2.05, 4.69) is 9.97 Å². The minimum atomic E-state index is -0.659. The molecular weight excluding hydrogens is 1290 g/mol. The molecule has 0 spiro atoms. The third kappa shape index (κ3) is 14.0. The summed E-state index contributed by atoms with van der Waals surface area (Å²) in [7, 11) is 1.53. The number of amides is 3. The van der Waals surface area contributed by atoms with Gasteiger partial charge in [-0.1, -0.05) is 91.0 Å². The second-order valence-electron chi connectivity index (χ2n) is 23.4. The average molecular weight is 1360 g/mol. The van der Waals surface area contributed by atoms with Gasteiger partial charge < -0.3 is 56.7 Å². The molecule has 0 radical (unpaired) electrons. The Kier molecular flexibility index (Phi) is 20.2. The van der Waals surface area contributed by atoms with Gasteiger partial charge in [0.2, 0.25) is 0 Å². The monoisotopic (exact) mass is 1360 g/mol. The normalized spacial score (nSPS) is 14.0. The zero-order chi connectivity index (χ0) is 69.3. The van der Waals surface area contributed by atoms with Crippen LogP contribution in [0.25, 0.3) is 32.7 Å². The van der Waals surface area contributed by atoms with E-state index in [1.54, 1.807) is 87.2 Å². The minimum Gasteiger partial charge on any atom is -0.472 e. The van der Waals surface area contributed by atoms with Crippen LogP contribution in [0.4, 0.5) is 28.4 Å². The molecule has 506 valence electrons. The maximum absolute atomic E-state index is 13.7. The lowest BCUT2D eigenvalue weighted by molar-refractivity contribution is -0.385. The molecule has 10 heterocycles. The molecule has 7 aromatic heterocycles. The fourth-order valence-corrected chi connectivity index (χ4v) is 13.5. The predicted octanol–water partition coefficient (Wildman–Crippen LogP) is 8.75. The SMILES string of the molecule is CCOC(=O)c1c(N2CCN(C(=O)c3ccco3)CC2)c2ccccc2n(Cc2ccoc2)c1=O.Cn1c(=O)c([N+](=O)[O-])c(N2CCN(C(=O)c3cnccn3)CC2)c2ccccc21.O=C(c1cccs1)N1CCN(c2c([N+](=O)[O-])c(=O)n(CCc3ccccc3)c3ccccc23)CC1. The number of pyridine rings is 3. The Balaban J connectivity index is 0.000000142. The van der Waals surface area contributed by atoms with Crippen LogP contribution in [0.1, 0.15) is 59.1 Å². The summed E-state index contributed by atoms with van der Waals surface area (Å²) in [6.45, 7) is 7.34. The van der Waals surface area contributed by atoms with Crippen LogP contribution in [0.5, 0.6) is 0 Å². The maximum Gasteiger partial charge on any atom is 0.357 e. The molecule has 0 N–H and O–H groups in total. The van der Waals surface area contributed by atoms with Crippen molar-refractivity contribution < 1.29 is 42.6 Å². The van der Waals surface area contributed by atoms with E-state index in [1.165, 1.54) is 52.4 Å². The van der Waals surface area contributed by atoms with Gasteiger partial charge in [0.15, 0.2) is 5.76 Å². The first kappa shape index (κ1) is 66.9. The molecule has 28 heteroatoms. The number of nitrogens with zero attached hydrogens (tertiary/aromatic N) is 13. The number of fused-ring (bicyclic) bond motifs is 3. The van der Waals surface area contributed by atoms with Crippen molar-refractivity contribution in [2.24, 2.45) is 7.05 Å². The number of rotatable bonds is 15. The zero-order valence-electron chi connectivity index (χ0n) is 54.0. The van der Waals surface area contributed by atoms with E-state index >= 15 is 0 Å². The van der Waals surface area contributed by atoms with E-state index in [0.717, 1.165) is 16.5 Å². The summed E-state index contributed by atoms with van der Waals surface area (Å²) in [5.41, 5.74) is 2.78. The van der Waals surface area contributed by atoms with Gasteiger partial charge in [0.25, 0.3) is 23.3 Å². The number of ether oxygens (including phenoxy) is 1. The molecule has 99 heavy (non-hydrogen) atoms. The first-order valence-corrected chi connectivity index (χ1v) is 32.9. The van der Waals surface area contributed by atoms with Crippen LogP contribution in [-0.2, 0) is 31.3 Å². The van der Waals surface area contributed by atoms with Crippen molar-refractivity contribution in [3.8, 4) is 0 Å². The van der Waals surface area contributed by atoms with E-state index in [-0.39, 0.29) is 47.9 Å². The quantitative estimate of drug-likeness (QED) is 0.0526. The van der Waals surface area contributed by atoms with Gasteiger partial charge in [-0.05, 0) is 66.8 Å². The number of furan rings is 2. The molecule has 3 aliphatic heterocycles. The number of para-hydroxylation sites is 3. The van der Waals surface area contributed by atoms with Gasteiger partial charge in [0.1, 0.15) is 22.6 Å². The number of carbonyl (C=O) groups is 4. The summed E-state index contributed by atoms with van der Waals surface area (Å²) in [6, 6.07) is 40.5. The summed E-state index contributed by atoms with van der Waals surface area (Å²) in [5, 5.41) is 27.9. The highest BCUT2D eigenvalue weighted by molar-refractivity contribution is 7.12. The summed E-state index contributed by atoms with van der Waals surface area (Å²) in [4.78, 5) is 133. The third-order valence-electron chi connectivity index (χ3n) is 17.6. The van der Waals surface area contributed by atoms with Gasteiger partial charge in [-0.25, -0.2) is 9.78 Å². The fourth-order valence-electron chi connectivity index (χ4n) is 12.8.